The Morgan fingerprint density at radius 2 is 2.00 bits per heavy atom. The highest BCUT2D eigenvalue weighted by atomic mass is 35.5. The zero-order chi connectivity index (χ0) is 9.15. The Morgan fingerprint density at radius 1 is 1.29 bits per heavy atom. The summed E-state index contributed by atoms with van der Waals surface area (Å²) in [4.78, 5) is 0. The summed E-state index contributed by atoms with van der Waals surface area (Å²) in [6.45, 7) is 0.812. The second-order valence-electron chi connectivity index (χ2n) is 4.02. The Labute approximate surface area is 90.3 Å². The minimum absolute atomic E-state index is 0. The quantitative estimate of drug-likeness (QED) is 0.812. The SMILES string of the molecule is Cl.NC1(Cn2ccnn2)CCCCC1. The Morgan fingerprint density at radius 3 is 2.57 bits per heavy atom. The summed E-state index contributed by atoms with van der Waals surface area (Å²) in [6, 6.07) is 0. The Bertz CT molecular complexity index is 254. The van der Waals surface area contributed by atoms with Crippen molar-refractivity contribution in [1.82, 2.24) is 15.0 Å². The van der Waals surface area contributed by atoms with Crippen molar-refractivity contribution in [3.05, 3.63) is 12.4 Å². The lowest BCUT2D eigenvalue weighted by molar-refractivity contribution is 0.250. The van der Waals surface area contributed by atoms with E-state index in [4.69, 9.17) is 5.73 Å². The van der Waals surface area contributed by atoms with Gasteiger partial charge in [-0.1, -0.05) is 24.5 Å². The lowest BCUT2D eigenvalue weighted by Crippen LogP contribution is -2.45. The van der Waals surface area contributed by atoms with Crippen molar-refractivity contribution in [3.63, 3.8) is 0 Å². The molecule has 2 N–H and O–H groups in total. The van der Waals surface area contributed by atoms with E-state index in [9.17, 15) is 0 Å². The molecule has 1 heterocycles. The molecule has 1 aromatic rings. The van der Waals surface area contributed by atoms with E-state index in [1.54, 1.807) is 6.20 Å². The molecule has 0 unspecified atom stereocenters. The van der Waals surface area contributed by atoms with Crippen molar-refractivity contribution >= 4 is 12.4 Å². The average molecular weight is 217 g/mol. The van der Waals surface area contributed by atoms with Crippen LogP contribution in [0.2, 0.25) is 0 Å². The number of halogens is 1. The lowest BCUT2D eigenvalue weighted by Gasteiger charge is -2.32. The van der Waals surface area contributed by atoms with Gasteiger partial charge >= 0.3 is 0 Å². The second kappa shape index (κ2) is 4.75. The minimum Gasteiger partial charge on any atom is -0.324 e. The van der Waals surface area contributed by atoms with Crippen LogP contribution in [-0.2, 0) is 6.54 Å². The fraction of sp³-hybridized carbons (Fsp3) is 0.778. The van der Waals surface area contributed by atoms with Crippen LogP contribution >= 0.6 is 12.4 Å². The highest BCUT2D eigenvalue weighted by Gasteiger charge is 2.27. The van der Waals surface area contributed by atoms with Crippen molar-refractivity contribution < 1.29 is 0 Å². The van der Waals surface area contributed by atoms with Crippen molar-refractivity contribution in [2.45, 2.75) is 44.2 Å². The molecule has 1 fully saturated rings. The van der Waals surface area contributed by atoms with Crippen molar-refractivity contribution in [3.8, 4) is 0 Å². The first-order valence-corrected chi connectivity index (χ1v) is 4.92. The molecule has 1 aliphatic rings. The van der Waals surface area contributed by atoms with Crippen LogP contribution in [-0.4, -0.2) is 20.5 Å². The zero-order valence-electron chi connectivity index (χ0n) is 8.22. The van der Waals surface area contributed by atoms with E-state index >= 15 is 0 Å². The number of hydrogen-bond donors (Lipinski definition) is 1. The summed E-state index contributed by atoms with van der Waals surface area (Å²) in [5.41, 5.74) is 6.23. The molecule has 0 aromatic carbocycles. The first-order chi connectivity index (χ1) is 6.29. The Kier molecular flexibility index (Phi) is 3.89. The molecule has 14 heavy (non-hydrogen) atoms. The molecule has 0 amide bonds. The molecule has 0 bridgehead atoms. The molecular formula is C9H17ClN4. The first-order valence-electron chi connectivity index (χ1n) is 4.92. The van der Waals surface area contributed by atoms with E-state index in [0.717, 1.165) is 19.4 Å². The summed E-state index contributed by atoms with van der Waals surface area (Å²) in [5.74, 6) is 0. The fourth-order valence-corrected chi connectivity index (χ4v) is 2.05. The standard InChI is InChI=1S/C9H16N4.ClH/c10-9(4-2-1-3-5-9)8-13-7-6-11-12-13;/h6-7H,1-5,8,10H2;1H. The maximum atomic E-state index is 6.26. The number of nitrogens with two attached hydrogens (primary N) is 1. The molecule has 0 atom stereocenters. The summed E-state index contributed by atoms with van der Waals surface area (Å²) < 4.78 is 1.84. The second-order valence-corrected chi connectivity index (χ2v) is 4.02. The van der Waals surface area contributed by atoms with E-state index in [0.29, 0.717) is 0 Å². The molecule has 2 rings (SSSR count). The molecule has 4 nitrogen and oxygen atoms in total. The van der Waals surface area contributed by atoms with E-state index in [1.165, 1.54) is 19.3 Å². The van der Waals surface area contributed by atoms with Gasteiger partial charge in [-0.15, -0.1) is 17.5 Å². The van der Waals surface area contributed by atoms with Gasteiger partial charge < -0.3 is 5.73 Å². The van der Waals surface area contributed by atoms with Crippen molar-refractivity contribution in [2.24, 2.45) is 5.73 Å². The average Bonchev–Trinajstić information content (AvgIpc) is 2.57. The van der Waals surface area contributed by atoms with Gasteiger partial charge in [0.05, 0.1) is 12.7 Å². The van der Waals surface area contributed by atoms with E-state index in [1.807, 2.05) is 10.9 Å². The van der Waals surface area contributed by atoms with Crippen LogP contribution in [0.25, 0.3) is 0 Å². The maximum Gasteiger partial charge on any atom is 0.0692 e. The molecule has 0 radical (unpaired) electrons. The lowest BCUT2D eigenvalue weighted by atomic mass is 9.82. The largest absolute Gasteiger partial charge is 0.324 e. The van der Waals surface area contributed by atoms with Gasteiger partial charge in [0.15, 0.2) is 0 Å². The molecule has 0 aliphatic heterocycles. The van der Waals surface area contributed by atoms with Crippen molar-refractivity contribution in [1.29, 1.82) is 0 Å². The van der Waals surface area contributed by atoms with Crippen LogP contribution in [0.1, 0.15) is 32.1 Å². The van der Waals surface area contributed by atoms with E-state index in [2.05, 4.69) is 10.3 Å². The smallest absolute Gasteiger partial charge is 0.0692 e. The summed E-state index contributed by atoms with van der Waals surface area (Å²) in [6.07, 6.45) is 9.65. The van der Waals surface area contributed by atoms with Gasteiger partial charge in [0.1, 0.15) is 0 Å². The Balaban J connectivity index is 0.000000980. The highest BCUT2D eigenvalue weighted by molar-refractivity contribution is 5.85. The number of nitrogens with zero attached hydrogens (tertiary/aromatic N) is 3. The minimum atomic E-state index is -0.0358. The van der Waals surface area contributed by atoms with Gasteiger partial charge in [0, 0.05) is 11.7 Å². The zero-order valence-corrected chi connectivity index (χ0v) is 9.04. The predicted octanol–water partition coefficient (Wildman–Crippen LogP) is 1.36. The predicted molar refractivity (Wildman–Crippen MR) is 57.3 cm³/mol. The normalized spacial score (nSPS) is 20.1. The molecule has 0 saturated heterocycles. The topological polar surface area (TPSA) is 56.7 Å². The Hall–Kier alpha value is -0.610. The van der Waals surface area contributed by atoms with Gasteiger partial charge in [-0.3, -0.25) is 4.68 Å². The van der Waals surface area contributed by atoms with Crippen molar-refractivity contribution in [2.75, 3.05) is 0 Å². The van der Waals surface area contributed by atoms with Crippen LogP contribution < -0.4 is 5.73 Å². The van der Waals surface area contributed by atoms with E-state index < -0.39 is 0 Å². The van der Waals surface area contributed by atoms with Crippen LogP contribution in [0.4, 0.5) is 0 Å². The van der Waals surface area contributed by atoms with Gasteiger partial charge in [0.2, 0.25) is 0 Å². The molecule has 5 heteroatoms. The fourth-order valence-electron chi connectivity index (χ4n) is 2.05. The molecule has 0 spiro atoms. The highest BCUT2D eigenvalue weighted by Crippen LogP contribution is 2.26. The first kappa shape index (κ1) is 11.5. The summed E-state index contributed by atoms with van der Waals surface area (Å²) in [7, 11) is 0. The maximum absolute atomic E-state index is 6.26. The van der Waals surface area contributed by atoms with Gasteiger partial charge in [0.25, 0.3) is 0 Å². The number of aromatic nitrogens is 3. The van der Waals surface area contributed by atoms with Gasteiger partial charge in [-0.2, -0.15) is 0 Å². The molecule has 1 saturated carbocycles. The molecular weight excluding hydrogens is 200 g/mol. The van der Waals surface area contributed by atoms with Crippen LogP contribution in [0, 0.1) is 0 Å². The third-order valence-electron chi connectivity index (χ3n) is 2.80. The van der Waals surface area contributed by atoms with Crippen LogP contribution in [0.5, 0.6) is 0 Å². The monoisotopic (exact) mass is 216 g/mol. The third kappa shape index (κ3) is 2.69. The van der Waals surface area contributed by atoms with Gasteiger partial charge in [-0.25, -0.2) is 0 Å². The number of rotatable bonds is 2. The molecule has 1 aromatic heterocycles. The van der Waals surface area contributed by atoms with Gasteiger partial charge in [-0.05, 0) is 12.8 Å². The summed E-state index contributed by atoms with van der Waals surface area (Å²) in [5, 5.41) is 7.72. The van der Waals surface area contributed by atoms with Crippen LogP contribution in [0.3, 0.4) is 0 Å². The third-order valence-corrected chi connectivity index (χ3v) is 2.80. The number of hydrogen-bond acceptors (Lipinski definition) is 3. The molecule has 1 aliphatic carbocycles. The summed E-state index contributed by atoms with van der Waals surface area (Å²) >= 11 is 0. The van der Waals surface area contributed by atoms with Crippen LogP contribution in [0.15, 0.2) is 12.4 Å². The molecule has 80 valence electrons. The van der Waals surface area contributed by atoms with E-state index in [-0.39, 0.29) is 17.9 Å².